The molecule has 0 radical (unpaired) electrons. The number of aryl methyl sites for hydroxylation is 1. The third-order valence-corrected chi connectivity index (χ3v) is 10.4. The number of hydrogen-bond donors (Lipinski definition) is 0. The Morgan fingerprint density at radius 3 is 2.18 bits per heavy atom. The van der Waals surface area contributed by atoms with Gasteiger partial charge in [0.2, 0.25) is 0 Å². The Balaban J connectivity index is 1.42. The van der Waals surface area contributed by atoms with Crippen molar-refractivity contribution >= 4 is 74.9 Å². The van der Waals surface area contributed by atoms with E-state index in [1.165, 1.54) is 45.2 Å². The summed E-state index contributed by atoms with van der Waals surface area (Å²) < 4.78 is 4.98. The lowest BCUT2D eigenvalue weighted by molar-refractivity contribution is 1.01. The summed E-state index contributed by atoms with van der Waals surface area (Å²) in [5, 5.41) is 3.73. The fraction of sp³-hybridized carbons (Fsp3) is 0.0606. The smallest absolute Gasteiger partial charge is 0.165 e. The van der Waals surface area contributed by atoms with E-state index in [1.54, 1.807) is 11.3 Å². The van der Waals surface area contributed by atoms with Crippen molar-refractivity contribution in [2.45, 2.75) is 12.8 Å². The van der Waals surface area contributed by atoms with Gasteiger partial charge in [0.1, 0.15) is 0 Å². The molecule has 0 spiro atoms. The molecule has 0 fully saturated rings. The lowest BCUT2D eigenvalue weighted by Crippen LogP contribution is -2.01. The van der Waals surface area contributed by atoms with Crippen LogP contribution < -0.4 is 0 Å². The van der Waals surface area contributed by atoms with E-state index < -0.39 is 0 Å². The molecule has 0 saturated heterocycles. The molecule has 8 rings (SSSR count). The molecular weight excluding hydrogens is 582 g/mol. The maximum Gasteiger partial charge on any atom is 0.165 e. The molecule has 39 heavy (non-hydrogen) atoms. The molecule has 3 aromatic heterocycles. The summed E-state index contributed by atoms with van der Waals surface area (Å²) in [5.41, 5.74) is 4.36. The fourth-order valence-corrected chi connectivity index (χ4v) is 8.31. The second-order valence-corrected chi connectivity index (χ2v) is 12.9. The van der Waals surface area contributed by atoms with Crippen LogP contribution in [0.3, 0.4) is 0 Å². The third-order valence-electron chi connectivity index (χ3n) is 7.27. The normalized spacial score (nSPS) is 13.2. The molecule has 0 unspecified atom stereocenters. The van der Waals surface area contributed by atoms with Crippen LogP contribution >= 0.6 is 38.6 Å². The van der Waals surface area contributed by atoms with Crippen LogP contribution in [-0.4, -0.2) is 15.0 Å². The summed E-state index contributed by atoms with van der Waals surface area (Å²) in [6.07, 6.45) is 4.37. The first-order valence-corrected chi connectivity index (χ1v) is 15.3. The van der Waals surface area contributed by atoms with E-state index in [0.717, 1.165) is 29.5 Å². The van der Waals surface area contributed by atoms with Crippen molar-refractivity contribution in [3.63, 3.8) is 0 Å². The molecule has 0 N–H and O–H groups in total. The van der Waals surface area contributed by atoms with Crippen LogP contribution in [0.25, 0.3) is 70.5 Å². The summed E-state index contributed by atoms with van der Waals surface area (Å²) in [6, 6.07) is 31.7. The van der Waals surface area contributed by atoms with Crippen LogP contribution in [0.4, 0.5) is 0 Å². The first kappa shape index (κ1) is 23.2. The molecule has 3 nitrogen and oxygen atoms in total. The average Bonchev–Trinajstić information content (AvgIpc) is 3.55. The Bertz CT molecular complexity index is 2090. The summed E-state index contributed by atoms with van der Waals surface area (Å²) in [5.74, 6) is 2.10. The van der Waals surface area contributed by atoms with Crippen molar-refractivity contribution in [1.29, 1.82) is 0 Å². The van der Waals surface area contributed by atoms with E-state index >= 15 is 0 Å². The van der Waals surface area contributed by atoms with E-state index in [2.05, 4.69) is 94.8 Å². The largest absolute Gasteiger partial charge is 0.208 e. The number of nitrogens with zero attached hydrogens (tertiary/aromatic N) is 3. The van der Waals surface area contributed by atoms with Gasteiger partial charge < -0.3 is 0 Å². The highest BCUT2D eigenvalue weighted by atomic mass is 79.9. The summed E-state index contributed by atoms with van der Waals surface area (Å²) in [6.45, 7) is 0. The van der Waals surface area contributed by atoms with Crippen LogP contribution in [0.15, 0.2) is 95.5 Å². The van der Waals surface area contributed by atoms with Crippen LogP contribution in [0, 0.1) is 0 Å². The lowest BCUT2D eigenvalue weighted by Gasteiger charge is -2.12. The minimum atomic E-state index is 0.687. The summed E-state index contributed by atoms with van der Waals surface area (Å²) in [7, 11) is 0. The van der Waals surface area contributed by atoms with Crippen LogP contribution in [-0.2, 0) is 6.42 Å². The van der Waals surface area contributed by atoms with Crippen molar-refractivity contribution in [1.82, 2.24) is 15.0 Å². The van der Waals surface area contributed by atoms with E-state index in [9.17, 15) is 0 Å². The van der Waals surface area contributed by atoms with Crippen molar-refractivity contribution in [2.24, 2.45) is 0 Å². The Kier molecular flexibility index (Phi) is 5.47. The van der Waals surface area contributed by atoms with Gasteiger partial charge in [-0.15, -0.1) is 22.7 Å². The predicted octanol–water partition coefficient (Wildman–Crippen LogP) is 10.1. The molecule has 0 amide bonds. The first-order valence-electron chi connectivity index (χ1n) is 12.9. The number of rotatable bonds is 3. The van der Waals surface area contributed by atoms with Crippen molar-refractivity contribution < 1.29 is 0 Å². The SMILES string of the molecule is BrC1=Cc2c(sc3cccc(-c4nc(-c5ccccc5)nc(-c5cccc6c5sc5ccccc56)n4)c23)CC1. The molecule has 0 bridgehead atoms. The number of aromatic nitrogens is 3. The molecule has 0 atom stereocenters. The number of halogens is 1. The molecule has 0 saturated carbocycles. The Hall–Kier alpha value is -3.71. The molecule has 7 aromatic rings. The monoisotopic (exact) mass is 601 g/mol. The quantitative estimate of drug-likeness (QED) is 0.202. The second kappa shape index (κ2) is 9.19. The molecular formula is C33H20BrN3S2. The zero-order valence-electron chi connectivity index (χ0n) is 20.7. The van der Waals surface area contributed by atoms with Crippen molar-refractivity contribution in [3.8, 4) is 34.2 Å². The third kappa shape index (κ3) is 3.86. The number of thiophene rings is 2. The number of allylic oxidation sites excluding steroid dienone is 1. The molecule has 3 heterocycles. The highest BCUT2D eigenvalue weighted by Crippen LogP contribution is 2.44. The van der Waals surface area contributed by atoms with Gasteiger partial charge in [-0.1, -0.05) is 88.7 Å². The standard InChI is InChI=1S/C33H20BrN3S2/c34-20-16-17-27-25(18-20)29-23(12-7-15-28(29)38-27)32-35-31(19-8-2-1-3-9-19)36-33(37-32)24-13-6-11-22-21-10-4-5-14-26(21)39-30(22)24/h1-15,18H,16-17H2. The maximum atomic E-state index is 5.17. The minimum Gasteiger partial charge on any atom is -0.208 e. The molecule has 1 aliphatic carbocycles. The van der Waals surface area contributed by atoms with Crippen LogP contribution in [0.5, 0.6) is 0 Å². The molecule has 6 heteroatoms. The van der Waals surface area contributed by atoms with Crippen LogP contribution in [0.2, 0.25) is 0 Å². The van der Waals surface area contributed by atoms with Gasteiger partial charge in [-0.3, -0.25) is 0 Å². The summed E-state index contributed by atoms with van der Waals surface area (Å²) >= 11 is 7.44. The zero-order chi connectivity index (χ0) is 25.9. The van der Waals surface area contributed by atoms with Gasteiger partial charge in [-0.25, -0.2) is 15.0 Å². The van der Waals surface area contributed by atoms with Gasteiger partial charge >= 0.3 is 0 Å². The minimum absolute atomic E-state index is 0.687. The Labute approximate surface area is 241 Å². The van der Waals surface area contributed by atoms with E-state index in [1.807, 2.05) is 29.5 Å². The van der Waals surface area contributed by atoms with Crippen LogP contribution in [0.1, 0.15) is 16.9 Å². The molecule has 186 valence electrons. The highest BCUT2D eigenvalue weighted by Gasteiger charge is 2.21. The number of hydrogen-bond acceptors (Lipinski definition) is 5. The Morgan fingerprint density at radius 2 is 1.28 bits per heavy atom. The van der Waals surface area contributed by atoms with E-state index in [-0.39, 0.29) is 0 Å². The number of fused-ring (bicyclic) bond motifs is 6. The summed E-state index contributed by atoms with van der Waals surface area (Å²) in [4.78, 5) is 16.7. The van der Waals surface area contributed by atoms with Gasteiger partial charge in [0.15, 0.2) is 17.5 Å². The van der Waals surface area contributed by atoms with Gasteiger partial charge in [0.25, 0.3) is 0 Å². The van der Waals surface area contributed by atoms with Crippen molar-refractivity contribution in [2.75, 3.05) is 0 Å². The maximum absolute atomic E-state index is 5.17. The predicted molar refractivity (Wildman–Crippen MR) is 170 cm³/mol. The van der Waals surface area contributed by atoms with Gasteiger partial charge in [0.05, 0.1) is 0 Å². The fourth-order valence-electron chi connectivity index (χ4n) is 5.46. The lowest BCUT2D eigenvalue weighted by atomic mass is 9.99. The van der Waals surface area contributed by atoms with Gasteiger partial charge in [0, 0.05) is 51.8 Å². The Morgan fingerprint density at radius 1 is 0.590 bits per heavy atom. The molecule has 0 aliphatic heterocycles. The van der Waals surface area contributed by atoms with Gasteiger partial charge in [-0.2, -0.15) is 0 Å². The molecule has 1 aliphatic rings. The average molecular weight is 603 g/mol. The highest BCUT2D eigenvalue weighted by molar-refractivity contribution is 9.11. The zero-order valence-corrected chi connectivity index (χ0v) is 23.9. The van der Waals surface area contributed by atoms with E-state index in [4.69, 9.17) is 15.0 Å². The first-order chi connectivity index (χ1) is 19.2. The second-order valence-electron chi connectivity index (χ2n) is 9.66. The number of benzene rings is 4. The van der Waals surface area contributed by atoms with Gasteiger partial charge in [-0.05, 0) is 47.2 Å². The van der Waals surface area contributed by atoms with E-state index in [0.29, 0.717) is 17.5 Å². The molecule has 4 aromatic carbocycles. The van der Waals surface area contributed by atoms with Crippen molar-refractivity contribution in [3.05, 3.63) is 106 Å². The topological polar surface area (TPSA) is 38.7 Å².